The van der Waals surface area contributed by atoms with Crippen molar-refractivity contribution in [2.75, 3.05) is 5.32 Å². The number of benzene rings is 2. The van der Waals surface area contributed by atoms with Gasteiger partial charge >= 0.3 is 0 Å². The summed E-state index contributed by atoms with van der Waals surface area (Å²) in [6.07, 6.45) is 6.69. The maximum atomic E-state index is 6.01. The predicted molar refractivity (Wildman–Crippen MR) is 91.9 cm³/mol. The molecular weight excluding hydrogens is 286 g/mol. The second kappa shape index (κ2) is 6.24. The summed E-state index contributed by atoms with van der Waals surface area (Å²) in [6.45, 7) is 0. The van der Waals surface area contributed by atoms with Crippen LogP contribution in [0.15, 0.2) is 54.7 Å². The quantitative estimate of drug-likeness (QED) is 0.753. The summed E-state index contributed by atoms with van der Waals surface area (Å²) in [5, 5.41) is 5.64. The van der Waals surface area contributed by atoms with Crippen LogP contribution >= 0.6 is 0 Å². The zero-order valence-electron chi connectivity index (χ0n) is 12.9. The Bertz CT molecular complexity index is 807. The molecule has 1 saturated carbocycles. The third-order valence-electron chi connectivity index (χ3n) is 4.28. The van der Waals surface area contributed by atoms with Crippen LogP contribution in [0.25, 0.3) is 10.8 Å². The first-order valence-corrected chi connectivity index (χ1v) is 8.14. The molecule has 0 saturated heterocycles. The molecule has 1 N–H and O–H groups in total. The van der Waals surface area contributed by atoms with Gasteiger partial charge < -0.3 is 10.1 Å². The number of hydrogen-bond acceptors (Lipinski definition) is 4. The van der Waals surface area contributed by atoms with E-state index in [0.717, 1.165) is 16.5 Å². The van der Waals surface area contributed by atoms with Gasteiger partial charge in [-0.3, -0.25) is 0 Å². The minimum atomic E-state index is 0.489. The highest BCUT2D eigenvalue weighted by atomic mass is 16.5. The van der Waals surface area contributed by atoms with Crippen LogP contribution in [0.2, 0.25) is 0 Å². The normalized spacial score (nSPS) is 15.0. The number of rotatable bonds is 4. The summed E-state index contributed by atoms with van der Waals surface area (Å²) in [5.41, 5.74) is 0. The summed E-state index contributed by atoms with van der Waals surface area (Å²) >= 11 is 0. The molecule has 2 aromatic carbocycles. The van der Waals surface area contributed by atoms with Crippen molar-refractivity contribution < 1.29 is 4.74 Å². The maximum Gasteiger partial charge on any atom is 0.226 e. The van der Waals surface area contributed by atoms with E-state index in [-0.39, 0.29) is 0 Å². The molecule has 116 valence electrons. The molecule has 1 aromatic heterocycles. The van der Waals surface area contributed by atoms with Crippen LogP contribution in [0.3, 0.4) is 0 Å². The Labute approximate surface area is 135 Å². The minimum Gasteiger partial charge on any atom is -0.438 e. The number of ether oxygens (including phenoxy) is 1. The predicted octanol–water partition coefficient (Wildman–Crippen LogP) is 4.78. The Morgan fingerprint density at radius 1 is 0.957 bits per heavy atom. The Morgan fingerprint density at radius 2 is 1.78 bits per heavy atom. The number of fused-ring (bicyclic) bond motifs is 1. The average molecular weight is 305 g/mol. The zero-order chi connectivity index (χ0) is 15.5. The van der Waals surface area contributed by atoms with E-state index in [1.165, 1.54) is 25.7 Å². The van der Waals surface area contributed by atoms with Gasteiger partial charge in [0.2, 0.25) is 11.8 Å². The monoisotopic (exact) mass is 305 g/mol. The van der Waals surface area contributed by atoms with Crippen molar-refractivity contribution in [1.29, 1.82) is 0 Å². The lowest BCUT2D eigenvalue weighted by Gasteiger charge is -2.13. The molecule has 0 aliphatic heterocycles. The third-order valence-corrected chi connectivity index (χ3v) is 4.28. The van der Waals surface area contributed by atoms with Gasteiger partial charge in [-0.2, -0.15) is 4.98 Å². The minimum absolute atomic E-state index is 0.489. The molecule has 4 rings (SSSR count). The molecule has 0 atom stereocenters. The topological polar surface area (TPSA) is 47.0 Å². The van der Waals surface area contributed by atoms with Gasteiger partial charge in [0.05, 0.1) is 0 Å². The lowest BCUT2D eigenvalue weighted by Crippen LogP contribution is -2.16. The largest absolute Gasteiger partial charge is 0.438 e. The van der Waals surface area contributed by atoms with E-state index in [1.807, 2.05) is 24.3 Å². The molecule has 0 unspecified atom stereocenters. The van der Waals surface area contributed by atoms with Crippen molar-refractivity contribution in [2.24, 2.45) is 0 Å². The highest BCUT2D eigenvalue weighted by molar-refractivity contribution is 5.88. The molecular formula is C19H19N3O. The highest BCUT2D eigenvalue weighted by Gasteiger charge is 2.15. The summed E-state index contributed by atoms with van der Waals surface area (Å²) in [5.74, 6) is 2.03. The molecule has 0 spiro atoms. The van der Waals surface area contributed by atoms with E-state index in [0.29, 0.717) is 17.9 Å². The highest BCUT2D eigenvalue weighted by Crippen LogP contribution is 2.29. The lowest BCUT2D eigenvalue weighted by molar-refractivity contribution is 0.467. The Hall–Kier alpha value is -2.62. The van der Waals surface area contributed by atoms with Gasteiger partial charge in [0.1, 0.15) is 5.75 Å². The van der Waals surface area contributed by atoms with E-state index in [4.69, 9.17) is 4.74 Å². The van der Waals surface area contributed by atoms with Crippen LogP contribution < -0.4 is 10.1 Å². The summed E-state index contributed by atoms with van der Waals surface area (Å²) in [4.78, 5) is 8.80. The van der Waals surface area contributed by atoms with Crippen molar-refractivity contribution in [3.05, 3.63) is 54.7 Å². The second-order valence-electron chi connectivity index (χ2n) is 5.92. The molecule has 1 aliphatic rings. The van der Waals surface area contributed by atoms with Gasteiger partial charge in [0.25, 0.3) is 0 Å². The van der Waals surface area contributed by atoms with E-state index in [1.54, 1.807) is 12.3 Å². The SMILES string of the molecule is c1ccc2c(Oc3ccnc(NC4CCCC4)n3)cccc2c1. The van der Waals surface area contributed by atoms with Gasteiger partial charge in [-0.25, -0.2) is 4.98 Å². The molecule has 0 radical (unpaired) electrons. The lowest BCUT2D eigenvalue weighted by atomic mass is 10.1. The third kappa shape index (κ3) is 3.11. The number of nitrogens with one attached hydrogen (secondary N) is 1. The number of nitrogens with zero attached hydrogens (tertiary/aromatic N) is 2. The maximum absolute atomic E-state index is 6.01. The van der Waals surface area contributed by atoms with Crippen LogP contribution in [0, 0.1) is 0 Å². The van der Waals surface area contributed by atoms with E-state index in [2.05, 4.69) is 33.5 Å². The van der Waals surface area contributed by atoms with E-state index < -0.39 is 0 Å². The van der Waals surface area contributed by atoms with Crippen LogP contribution in [-0.2, 0) is 0 Å². The van der Waals surface area contributed by atoms with Crippen LogP contribution in [0.1, 0.15) is 25.7 Å². The van der Waals surface area contributed by atoms with Gasteiger partial charge in [0, 0.05) is 23.7 Å². The number of hydrogen-bond donors (Lipinski definition) is 1. The first kappa shape index (κ1) is 14.0. The zero-order valence-corrected chi connectivity index (χ0v) is 12.9. The van der Waals surface area contributed by atoms with Crippen LogP contribution in [0.4, 0.5) is 5.95 Å². The van der Waals surface area contributed by atoms with Crippen molar-refractivity contribution in [2.45, 2.75) is 31.7 Å². The van der Waals surface area contributed by atoms with Gasteiger partial charge in [-0.05, 0) is 24.3 Å². The van der Waals surface area contributed by atoms with Gasteiger partial charge in [-0.1, -0.05) is 49.2 Å². The van der Waals surface area contributed by atoms with Gasteiger partial charge in [-0.15, -0.1) is 0 Å². The molecule has 23 heavy (non-hydrogen) atoms. The number of aromatic nitrogens is 2. The number of anilines is 1. The van der Waals surface area contributed by atoms with Crippen LogP contribution in [-0.4, -0.2) is 16.0 Å². The molecule has 1 fully saturated rings. The van der Waals surface area contributed by atoms with E-state index in [9.17, 15) is 0 Å². The summed E-state index contributed by atoms with van der Waals surface area (Å²) in [7, 11) is 0. The van der Waals surface area contributed by atoms with Crippen molar-refractivity contribution in [3.8, 4) is 11.6 Å². The molecule has 0 bridgehead atoms. The average Bonchev–Trinajstić information content (AvgIpc) is 3.09. The van der Waals surface area contributed by atoms with Gasteiger partial charge in [0.15, 0.2) is 0 Å². The molecule has 1 aliphatic carbocycles. The molecule has 4 nitrogen and oxygen atoms in total. The Kier molecular flexibility index (Phi) is 3.80. The fourth-order valence-corrected chi connectivity index (χ4v) is 3.12. The summed E-state index contributed by atoms with van der Waals surface area (Å²) < 4.78 is 6.01. The second-order valence-corrected chi connectivity index (χ2v) is 5.92. The Morgan fingerprint density at radius 3 is 2.70 bits per heavy atom. The van der Waals surface area contributed by atoms with Crippen molar-refractivity contribution in [1.82, 2.24) is 9.97 Å². The summed E-state index contributed by atoms with van der Waals surface area (Å²) in [6, 6.07) is 16.5. The molecule has 4 heteroatoms. The molecule has 1 heterocycles. The van der Waals surface area contributed by atoms with Crippen molar-refractivity contribution >= 4 is 16.7 Å². The van der Waals surface area contributed by atoms with Crippen LogP contribution in [0.5, 0.6) is 11.6 Å². The molecule has 3 aromatic rings. The standard InChI is InChI=1S/C19H19N3O/c1-4-10-16-14(6-1)7-5-11-17(16)23-18-12-13-20-19(22-18)21-15-8-2-3-9-15/h1,4-7,10-13,15H,2-3,8-9H2,(H,20,21,22). The van der Waals surface area contributed by atoms with E-state index >= 15 is 0 Å². The first-order chi connectivity index (χ1) is 11.4. The fraction of sp³-hybridized carbons (Fsp3) is 0.263. The first-order valence-electron chi connectivity index (χ1n) is 8.14. The Balaban J connectivity index is 1.58. The van der Waals surface area contributed by atoms with Crippen molar-refractivity contribution in [3.63, 3.8) is 0 Å². The molecule has 0 amide bonds. The fourth-order valence-electron chi connectivity index (χ4n) is 3.12. The smallest absolute Gasteiger partial charge is 0.226 e.